The molecule has 0 spiro atoms. The molecular weight excluding hydrogens is 304 g/mol. The maximum absolute atomic E-state index is 12.7. The van der Waals surface area contributed by atoms with E-state index in [-0.39, 0.29) is 40.9 Å². The lowest BCUT2D eigenvalue weighted by atomic mass is 9.71. The number of rotatable bonds is 1. The molecule has 0 radical (unpaired) electrons. The van der Waals surface area contributed by atoms with E-state index < -0.39 is 34.8 Å². The smallest absolute Gasteiger partial charge is 0.194 e. The van der Waals surface area contributed by atoms with Gasteiger partial charge in [-0.25, -0.2) is 0 Å². The first-order chi connectivity index (χ1) is 10.7. The fraction of sp³-hybridized carbons (Fsp3) is 0.375. The molecule has 0 unspecified atom stereocenters. The minimum Gasteiger partial charge on any atom is -0.507 e. The lowest BCUT2D eigenvalue weighted by molar-refractivity contribution is -0.0651. The van der Waals surface area contributed by atoms with Crippen LogP contribution in [0.5, 0.6) is 17.2 Å². The lowest BCUT2D eigenvalue weighted by Crippen LogP contribution is -2.46. The van der Waals surface area contributed by atoms with Crippen LogP contribution in [0, 0.1) is 0 Å². The summed E-state index contributed by atoms with van der Waals surface area (Å²) in [5.74, 6) is -2.44. The number of aromatic hydroxyl groups is 2. The summed E-state index contributed by atoms with van der Waals surface area (Å²) in [5, 5.41) is 40.3. The Labute approximate surface area is 131 Å². The van der Waals surface area contributed by atoms with Gasteiger partial charge in [0.05, 0.1) is 29.9 Å². The summed E-state index contributed by atoms with van der Waals surface area (Å²) >= 11 is 0. The van der Waals surface area contributed by atoms with Gasteiger partial charge in [0.2, 0.25) is 0 Å². The number of fused-ring (bicyclic) bond motifs is 1. The van der Waals surface area contributed by atoms with Crippen molar-refractivity contribution in [3.8, 4) is 17.2 Å². The Bertz CT molecular complexity index is 773. The SMILES string of the molecule is COc1cc(O)c2c(c1O)C(=O)C1=C(C[C@@H](O)[C@@](C)(O)C1)C2=O. The van der Waals surface area contributed by atoms with E-state index in [0.717, 1.165) is 6.07 Å². The molecule has 0 saturated heterocycles. The number of benzene rings is 1. The lowest BCUT2D eigenvalue weighted by Gasteiger charge is -2.37. The highest BCUT2D eigenvalue weighted by Gasteiger charge is 2.46. The molecule has 0 heterocycles. The second-order valence-electron chi connectivity index (χ2n) is 6.07. The molecule has 0 saturated carbocycles. The van der Waals surface area contributed by atoms with Crippen LogP contribution in [0.3, 0.4) is 0 Å². The Morgan fingerprint density at radius 3 is 2.39 bits per heavy atom. The van der Waals surface area contributed by atoms with Crippen LogP contribution in [-0.4, -0.2) is 50.8 Å². The van der Waals surface area contributed by atoms with Gasteiger partial charge in [-0.3, -0.25) is 9.59 Å². The van der Waals surface area contributed by atoms with Crippen LogP contribution in [0.1, 0.15) is 40.5 Å². The van der Waals surface area contributed by atoms with Crippen LogP contribution in [0.2, 0.25) is 0 Å². The van der Waals surface area contributed by atoms with E-state index in [1.165, 1.54) is 14.0 Å². The van der Waals surface area contributed by atoms with Crippen molar-refractivity contribution in [3.05, 3.63) is 28.3 Å². The average molecular weight is 320 g/mol. The van der Waals surface area contributed by atoms with Gasteiger partial charge in [-0.2, -0.15) is 0 Å². The summed E-state index contributed by atoms with van der Waals surface area (Å²) < 4.78 is 4.89. The van der Waals surface area contributed by atoms with E-state index in [1.807, 2.05) is 0 Å². The minimum atomic E-state index is -1.55. The quantitative estimate of drug-likeness (QED) is 0.561. The maximum Gasteiger partial charge on any atom is 0.194 e. The third-order valence-corrected chi connectivity index (χ3v) is 4.48. The van der Waals surface area contributed by atoms with Gasteiger partial charge < -0.3 is 25.2 Å². The number of hydrogen-bond acceptors (Lipinski definition) is 7. The summed E-state index contributed by atoms with van der Waals surface area (Å²) in [6.07, 6.45) is -1.61. The molecule has 4 N–H and O–H groups in total. The average Bonchev–Trinajstić information content (AvgIpc) is 2.48. The number of phenolic OH excluding ortho intramolecular Hbond substituents is 2. The zero-order valence-electron chi connectivity index (χ0n) is 12.6. The van der Waals surface area contributed by atoms with Crippen LogP contribution in [0.4, 0.5) is 0 Å². The second kappa shape index (κ2) is 4.81. The highest BCUT2D eigenvalue weighted by molar-refractivity contribution is 6.29. The van der Waals surface area contributed by atoms with Gasteiger partial charge in [-0.05, 0) is 6.92 Å². The number of hydrogen-bond donors (Lipinski definition) is 4. The van der Waals surface area contributed by atoms with E-state index in [1.54, 1.807) is 0 Å². The largest absolute Gasteiger partial charge is 0.507 e. The predicted molar refractivity (Wildman–Crippen MR) is 77.9 cm³/mol. The van der Waals surface area contributed by atoms with Gasteiger partial charge >= 0.3 is 0 Å². The Hall–Kier alpha value is -2.38. The zero-order chi connectivity index (χ0) is 17.1. The molecule has 2 aliphatic carbocycles. The third-order valence-electron chi connectivity index (χ3n) is 4.48. The molecule has 2 aliphatic rings. The Balaban J connectivity index is 2.25. The molecule has 0 bridgehead atoms. The Morgan fingerprint density at radius 1 is 1.17 bits per heavy atom. The number of methoxy groups -OCH3 is 1. The fourth-order valence-electron chi connectivity index (χ4n) is 3.11. The monoisotopic (exact) mass is 320 g/mol. The van der Waals surface area contributed by atoms with E-state index in [4.69, 9.17) is 4.74 Å². The summed E-state index contributed by atoms with van der Waals surface area (Å²) in [6, 6.07) is 1.06. The van der Waals surface area contributed by atoms with Crippen molar-refractivity contribution in [2.24, 2.45) is 0 Å². The van der Waals surface area contributed by atoms with Crippen LogP contribution in [-0.2, 0) is 0 Å². The molecule has 7 heteroatoms. The first-order valence-electron chi connectivity index (χ1n) is 7.03. The van der Waals surface area contributed by atoms with Gasteiger partial charge in [-0.1, -0.05) is 0 Å². The summed E-state index contributed by atoms with van der Waals surface area (Å²) in [6.45, 7) is 1.37. The zero-order valence-corrected chi connectivity index (χ0v) is 12.6. The molecular formula is C16H16O7. The minimum absolute atomic E-state index is 0.0424. The number of ketones is 2. The Kier molecular flexibility index (Phi) is 3.24. The summed E-state index contributed by atoms with van der Waals surface area (Å²) in [5.41, 5.74) is -2.09. The van der Waals surface area contributed by atoms with Gasteiger partial charge in [-0.15, -0.1) is 0 Å². The number of carbonyl (C=O) groups is 2. The second-order valence-corrected chi connectivity index (χ2v) is 6.07. The third kappa shape index (κ3) is 2.04. The summed E-state index contributed by atoms with van der Waals surface area (Å²) in [7, 11) is 1.25. The maximum atomic E-state index is 12.7. The number of phenols is 2. The molecule has 0 fully saturated rings. The van der Waals surface area contributed by atoms with Gasteiger partial charge in [0.1, 0.15) is 5.75 Å². The van der Waals surface area contributed by atoms with E-state index in [2.05, 4.69) is 0 Å². The number of ether oxygens (including phenoxy) is 1. The van der Waals surface area contributed by atoms with Gasteiger partial charge in [0, 0.05) is 30.1 Å². The highest BCUT2D eigenvalue weighted by Crippen LogP contribution is 2.47. The van der Waals surface area contributed by atoms with Gasteiger partial charge in [0.25, 0.3) is 0 Å². The van der Waals surface area contributed by atoms with Crippen molar-refractivity contribution in [1.82, 2.24) is 0 Å². The number of aliphatic hydroxyl groups is 2. The molecule has 0 aromatic heterocycles. The number of Topliss-reactive ketones (excluding diaryl/α,β-unsaturated/α-hetero) is 2. The van der Waals surface area contributed by atoms with E-state index >= 15 is 0 Å². The van der Waals surface area contributed by atoms with E-state index in [0.29, 0.717) is 0 Å². The summed E-state index contributed by atoms with van der Waals surface area (Å²) in [4.78, 5) is 25.3. The first kappa shape index (κ1) is 15.5. The van der Waals surface area contributed by atoms with Crippen molar-refractivity contribution >= 4 is 11.6 Å². The molecule has 7 nitrogen and oxygen atoms in total. The molecule has 122 valence electrons. The van der Waals surface area contributed by atoms with Crippen LogP contribution >= 0.6 is 0 Å². The normalized spacial score (nSPS) is 26.9. The highest BCUT2D eigenvalue weighted by atomic mass is 16.5. The van der Waals surface area contributed by atoms with Gasteiger partial charge in [0.15, 0.2) is 23.1 Å². The van der Waals surface area contributed by atoms with Crippen LogP contribution < -0.4 is 4.74 Å². The molecule has 0 amide bonds. The number of aliphatic hydroxyl groups excluding tert-OH is 1. The van der Waals surface area contributed by atoms with Crippen molar-refractivity contribution in [2.75, 3.05) is 7.11 Å². The van der Waals surface area contributed by atoms with Crippen LogP contribution in [0.15, 0.2) is 17.2 Å². The predicted octanol–water partition coefficient (Wildman–Crippen LogP) is 0.688. The topological polar surface area (TPSA) is 124 Å². The Morgan fingerprint density at radius 2 is 1.78 bits per heavy atom. The number of carbonyl (C=O) groups excluding carboxylic acids is 2. The molecule has 0 aliphatic heterocycles. The van der Waals surface area contributed by atoms with Crippen molar-refractivity contribution in [3.63, 3.8) is 0 Å². The van der Waals surface area contributed by atoms with Crippen molar-refractivity contribution in [2.45, 2.75) is 31.5 Å². The molecule has 1 aromatic rings. The first-order valence-corrected chi connectivity index (χ1v) is 7.03. The van der Waals surface area contributed by atoms with Crippen LogP contribution in [0.25, 0.3) is 0 Å². The molecule has 2 atom stereocenters. The van der Waals surface area contributed by atoms with Crippen molar-refractivity contribution < 1.29 is 34.8 Å². The molecule has 3 rings (SSSR count). The van der Waals surface area contributed by atoms with Crippen molar-refractivity contribution in [1.29, 1.82) is 0 Å². The molecule has 23 heavy (non-hydrogen) atoms. The molecule has 1 aromatic carbocycles. The van der Waals surface area contributed by atoms with E-state index in [9.17, 15) is 30.0 Å². The standard InChI is InChI=1S/C16H16O7/c1-16(22)5-7-6(3-10(16)18)13(19)11-8(17)4-9(23-2)15(21)12(11)14(7)20/h4,10,17-18,21-22H,3,5H2,1-2H3/t10-,16+/m1/s1. The fourth-order valence-corrected chi connectivity index (χ4v) is 3.11.